The van der Waals surface area contributed by atoms with Crippen LogP contribution in [0.25, 0.3) is 0 Å². The van der Waals surface area contributed by atoms with Crippen molar-refractivity contribution in [1.29, 1.82) is 0 Å². The van der Waals surface area contributed by atoms with Gasteiger partial charge in [0.1, 0.15) is 18.0 Å². The van der Waals surface area contributed by atoms with Gasteiger partial charge in [0.05, 0.1) is 12.2 Å². The molecule has 10 nitrogen and oxygen atoms in total. The van der Waals surface area contributed by atoms with E-state index in [9.17, 15) is 14.0 Å². The predicted octanol–water partition coefficient (Wildman–Crippen LogP) is 6.52. The number of rotatable bonds is 13. The van der Waals surface area contributed by atoms with E-state index in [1.165, 1.54) is 17.8 Å². The first kappa shape index (κ1) is 33.3. The molecule has 1 aliphatic heterocycles. The summed E-state index contributed by atoms with van der Waals surface area (Å²) in [4.78, 5) is 32.9. The Labute approximate surface area is 273 Å². The highest BCUT2D eigenvalue weighted by Crippen LogP contribution is 2.40. The predicted molar refractivity (Wildman–Crippen MR) is 174 cm³/mol. The Morgan fingerprint density at radius 2 is 1.80 bits per heavy atom. The van der Waals surface area contributed by atoms with E-state index in [1.807, 2.05) is 39.8 Å². The lowest BCUT2D eigenvalue weighted by molar-refractivity contribution is -0.146. The van der Waals surface area contributed by atoms with E-state index in [0.29, 0.717) is 70.5 Å². The van der Waals surface area contributed by atoms with Gasteiger partial charge in [-0.1, -0.05) is 42.4 Å². The van der Waals surface area contributed by atoms with E-state index in [0.717, 1.165) is 32.1 Å². The van der Waals surface area contributed by atoms with Crippen LogP contribution in [0.4, 0.5) is 10.3 Å². The second-order valence-electron chi connectivity index (χ2n) is 11.3. The fraction of sp³-hybridized carbons (Fsp3) is 0.471. The zero-order valence-corrected chi connectivity index (χ0v) is 27.7. The molecule has 2 aliphatic rings. The molecule has 1 saturated carbocycles. The Balaban J connectivity index is 1.48. The van der Waals surface area contributed by atoms with Crippen LogP contribution in [0.2, 0.25) is 0 Å². The molecule has 1 aromatic heterocycles. The number of halogens is 1. The van der Waals surface area contributed by atoms with Crippen LogP contribution in [0.15, 0.2) is 58.9 Å². The normalized spacial score (nSPS) is 16.4. The molecule has 2 aromatic carbocycles. The van der Waals surface area contributed by atoms with Crippen molar-refractivity contribution < 1.29 is 28.2 Å². The van der Waals surface area contributed by atoms with E-state index in [4.69, 9.17) is 19.3 Å². The van der Waals surface area contributed by atoms with Crippen LogP contribution < -0.4 is 14.8 Å². The molecule has 5 rings (SSSR count). The maximum absolute atomic E-state index is 14.3. The van der Waals surface area contributed by atoms with Crippen molar-refractivity contribution >= 4 is 29.6 Å². The quantitative estimate of drug-likeness (QED) is 0.163. The van der Waals surface area contributed by atoms with Crippen LogP contribution in [0.3, 0.4) is 0 Å². The number of likely N-dealkylation sites (N-methyl/N-ethyl adjacent to an activating group) is 1. The lowest BCUT2D eigenvalue weighted by Gasteiger charge is -2.30. The molecule has 0 radical (unpaired) electrons. The summed E-state index contributed by atoms with van der Waals surface area (Å²) in [6, 6.07) is 11.3. The summed E-state index contributed by atoms with van der Waals surface area (Å²) in [5.74, 6) is 0.851. The Kier molecular flexibility index (Phi) is 11.2. The number of ether oxygens (including phenoxy) is 3. The van der Waals surface area contributed by atoms with Gasteiger partial charge in [-0.3, -0.25) is 4.79 Å². The number of fused-ring (bicyclic) bond motifs is 1. The molecular formula is C34H42FN5O5S. The number of amides is 1. The van der Waals surface area contributed by atoms with Crippen LogP contribution in [-0.2, 0) is 20.1 Å². The van der Waals surface area contributed by atoms with Crippen LogP contribution in [-0.4, -0.2) is 63.9 Å². The summed E-state index contributed by atoms with van der Waals surface area (Å²) in [6.07, 6.45) is 4.75. The minimum absolute atomic E-state index is 0.117. The smallest absolute Gasteiger partial charge is 0.338 e. The molecule has 3 aromatic rings. The summed E-state index contributed by atoms with van der Waals surface area (Å²) in [5, 5.41) is 8.46. The van der Waals surface area contributed by atoms with Gasteiger partial charge in [-0.05, 0) is 82.7 Å². The van der Waals surface area contributed by atoms with Gasteiger partial charge >= 0.3 is 5.97 Å². The van der Waals surface area contributed by atoms with Crippen molar-refractivity contribution in [2.24, 2.45) is 0 Å². The number of esters is 1. The summed E-state index contributed by atoms with van der Waals surface area (Å²) in [6.45, 7) is 8.98. The third-order valence-corrected chi connectivity index (χ3v) is 9.13. The largest absolute Gasteiger partial charge is 0.490 e. The molecule has 246 valence electrons. The number of hydrogen-bond donors (Lipinski definition) is 1. The molecule has 1 atom stereocenters. The average Bonchev–Trinajstić information content (AvgIpc) is 3.46. The van der Waals surface area contributed by atoms with Crippen LogP contribution >= 0.6 is 11.8 Å². The second kappa shape index (κ2) is 15.5. The third kappa shape index (κ3) is 7.66. The lowest BCUT2D eigenvalue weighted by Crippen LogP contribution is -2.34. The van der Waals surface area contributed by atoms with Gasteiger partial charge in [-0.15, -0.1) is 5.10 Å². The molecule has 1 fully saturated rings. The number of carbonyl (C=O) groups is 2. The average molecular weight is 652 g/mol. The first-order valence-electron chi connectivity index (χ1n) is 16.0. The van der Waals surface area contributed by atoms with E-state index in [2.05, 4.69) is 10.3 Å². The summed E-state index contributed by atoms with van der Waals surface area (Å²) in [7, 11) is 0. The number of carbonyl (C=O) groups excluding carboxylic acids is 2. The standard InChI is InChI=1S/C34H42FN5O5S/c1-5-39(6-2)29(41)20-44-27-18-17-23(19-28(27)43-7-3)31-30(32(42)45-25-14-9-8-10-15-25)22(4)36-33-37-34(38-40(31)33)46-21-24-13-11-12-16-26(24)35/h11-13,16-19,25,31H,5-10,14-15,20-21H2,1-4H3,(H,36,37,38). The number of aromatic nitrogens is 3. The number of allylic oxidation sites excluding steroid dienone is 1. The highest BCUT2D eigenvalue weighted by atomic mass is 32.2. The van der Waals surface area contributed by atoms with E-state index < -0.39 is 12.0 Å². The Morgan fingerprint density at radius 3 is 2.52 bits per heavy atom. The molecular weight excluding hydrogens is 609 g/mol. The second-order valence-corrected chi connectivity index (χ2v) is 12.2. The zero-order chi connectivity index (χ0) is 32.6. The van der Waals surface area contributed by atoms with Crippen LogP contribution in [0, 0.1) is 5.82 Å². The van der Waals surface area contributed by atoms with Crippen molar-refractivity contribution in [2.45, 2.75) is 82.9 Å². The monoisotopic (exact) mass is 651 g/mol. The van der Waals surface area contributed by atoms with Crippen molar-refractivity contribution in [3.05, 3.63) is 70.7 Å². The minimum Gasteiger partial charge on any atom is -0.490 e. The molecule has 12 heteroatoms. The van der Waals surface area contributed by atoms with Gasteiger partial charge in [-0.25, -0.2) is 13.9 Å². The van der Waals surface area contributed by atoms with Crippen molar-refractivity contribution in [3.63, 3.8) is 0 Å². The molecule has 1 aliphatic carbocycles. The SMILES string of the molecule is CCOc1cc(C2C(C(=O)OC3CCCCC3)=C(C)Nc3nc(SCc4ccccc4F)nn32)ccc1OCC(=O)N(CC)CC. The highest BCUT2D eigenvalue weighted by molar-refractivity contribution is 7.98. The van der Waals surface area contributed by atoms with E-state index in [-0.39, 0.29) is 24.4 Å². The molecule has 0 bridgehead atoms. The maximum Gasteiger partial charge on any atom is 0.338 e. The van der Waals surface area contributed by atoms with Crippen molar-refractivity contribution in [3.8, 4) is 11.5 Å². The Bertz CT molecular complexity index is 1570. The first-order valence-corrected chi connectivity index (χ1v) is 17.0. The topological polar surface area (TPSA) is 108 Å². The van der Waals surface area contributed by atoms with Crippen LogP contribution in [0.5, 0.6) is 11.5 Å². The minimum atomic E-state index is -0.687. The molecule has 2 heterocycles. The molecule has 46 heavy (non-hydrogen) atoms. The van der Waals surface area contributed by atoms with Gasteiger partial charge in [0, 0.05) is 24.5 Å². The van der Waals surface area contributed by atoms with Gasteiger partial charge in [0.25, 0.3) is 5.91 Å². The van der Waals surface area contributed by atoms with Gasteiger partial charge in [-0.2, -0.15) is 4.98 Å². The third-order valence-electron chi connectivity index (χ3n) is 8.24. The molecule has 1 N–H and O–H groups in total. The van der Waals surface area contributed by atoms with Gasteiger partial charge in [0.2, 0.25) is 11.1 Å². The zero-order valence-electron chi connectivity index (χ0n) is 26.9. The van der Waals surface area contributed by atoms with Gasteiger partial charge < -0.3 is 24.4 Å². The molecule has 0 spiro atoms. The molecule has 1 unspecified atom stereocenters. The van der Waals surface area contributed by atoms with Crippen molar-refractivity contribution in [2.75, 3.05) is 31.6 Å². The van der Waals surface area contributed by atoms with Crippen LogP contribution in [0.1, 0.15) is 77.0 Å². The molecule has 1 amide bonds. The fourth-order valence-corrected chi connectivity index (χ4v) is 6.63. The number of nitrogens with one attached hydrogen (secondary N) is 1. The van der Waals surface area contributed by atoms with E-state index >= 15 is 0 Å². The number of anilines is 1. The summed E-state index contributed by atoms with van der Waals surface area (Å²) in [5.41, 5.74) is 2.28. The number of hydrogen-bond acceptors (Lipinski definition) is 9. The Morgan fingerprint density at radius 1 is 1.04 bits per heavy atom. The highest BCUT2D eigenvalue weighted by Gasteiger charge is 2.37. The first-order chi connectivity index (χ1) is 22.3. The number of benzene rings is 2. The molecule has 0 saturated heterocycles. The van der Waals surface area contributed by atoms with Gasteiger partial charge in [0.15, 0.2) is 18.1 Å². The Hall–Kier alpha value is -4.06. The van der Waals surface area contributed by atoms with E-state index in [1.54, 1.807) is 33.8 Å². The summed E-state index contributed by atoms with van der Waals surface area (Å²) < 4.78 is 33.9. The summed E-state index contributed by atoms with van der Waals surface area (Å²) >= 11 is 1.31. The lowest BCUT2D eigenvalue weighted by atomic mass is 9.94. The fourth-order valence-electron chi connectivity index (χ4n) is 5.81. The maximum atomic E-state index is 14.3. The number of thioether (sulfide) groups is 1. The number of nitrogens with zero attached hydrogens (tertiary/aromatic N) is 4. The van der Waals surface area contributed by atoms with Crippen molar-refractivity contribution in [1.82, 2.24) is 19.7 Å².